The quantitative estimate of drug-likeness (QED) is 0.367. The van der Waals surface area contributed by atoms with Gasteiger partial charge < -0.3 is 0 Å². The fraction of sp³-hybridized carbons (Fsp3) is 0.111. The second kappa shape index (κ2) is 4.72. The van der Waals surface area contributed by atoms with Gasteiger partial charge in [0.25, 0.3) is 0 Å². The molecule has 72 valence electrons. The van der Waals surface area contributed by atoms with E-state index in [0.29, 0.717) is 16.9 Å². The van der Waals surface area contributed by atoms with Crippen LogP contribution in [0, 0.1) is 0 Å². The number of hydrogen-bond acceptors (Lipinski definition) is 4. The van der Waals surface area contributed by atoms with E-state index in [4.69, 9.17) is 5.73 Å². The van der Waals surface area contributed by atoms with Gasteiger partial charge in [-0.25, -0.2) is 0 Å². The second-order valence-corrected chi connectivity index (χ2v) is 2.85. The summed E-state index contributed by atoms with van der Waals surface area (Å²) in [4.78, 5) is 15.1. The van der Waals surface area contributed by atoms with Crippen molar-refractivity contribution < 1.29 is 9.53 Å². The van der Waals surface area contributed by atoms with Crippen molar-refractivity contribution in [2.24, 2.45) is 4.99 Å². The van der Waals surface area contributed by atoms with Gasteiger partial charge in [0.05, 0.1) is 0 Å². The number of nitrogen functional groups attached to an aromatic ring is 1. The summed E-state index contributed by atoms with van der Waals surface area (Å²) < 4.78 is 7.06. The molecule has 0 fully saturated rings. The summed E-state index contributed by atoms with van der Waals surface area (Å²) in [5.41, 5.74) is 6.87. The molecule has 2 N–H and O–H groups in total. The van der Waals surface area contributed by atoms with E-state index in [-0.39, 0.29) is 0 Å². The number of hydrogen-bond donors (Lipinski definition) is 1. The molecule has 0 saturated heterocycles. The van der Waals surface area contributed by atoms with Crippen LogP contribution in [0.4, 0.5) is 11.4 Å². The van der Waals surface area contributed by atoms with Crippen molar-refractivity contribution in [3.8, 4) is 0 Å². The van der Waals surface area contributed by atoms with Crippen molar-refractivity contribution >= 4 is 37.6 Å². The molecular formula is C9H8N2O2Se. The van der Waals surface area contributed by atoms with Crippen LogP contribution >= 0.6 is 0 Å². The SMILES string of the molecule is COC(=O)c1cc(N=C=[Se])ccc1N. The van der Waals surface area contributed by atoms with Crippen LogP contribution in [0.2, 0.25) is 0 Å². The number of aliphatic imine (C=N–C) groups is 1. The molecule has 4 nitrogen and oxygen atoms in total. The number of carbonyl (C=O) groups is 1. The third-order valence-corrected chi connectivity index (χ3v) is 1.81. The van der Waals surface area contributed by atoms with E-state index in [1.807, 2.05) is 0 Å². The van der Waals surface area contributed by atoms with E-state index in [1.54, 1.807) is 18.2 Å². The maximum absolute atomic E-state index is 11.2. The zero-order valence-corrected chi connectivity index (χ0v) is 9.19. The standard InChI is InChI=1S/C9H8N2O2Se/c1-13-9(12)7-4-6(11-5-14)2-3-8(7)10/h2-4H,10H2,1H3. The molecule has 5 heteroatoms. The maximum atomic E-state index is 11.2. The Balaban J connectivity index is 3.20. The van der Waals surface area contributed by atoms with Crippen molar-refractivity contribution in [1.82, 2.24) is 0 Å². The number of esters is 1. The van der Waals surface area contributed by atoms with Crippen LogP contribution in [0.15, 0.2) is 23.2 Å². The first kappa shape index (κ1) is 10.7. The third-order valence-electron chi connectivity index (χ3n) is 1.62. The molecule has 1 aromatic carbocycles. The molecule has 0 unspecified atom stereocenters. The molecule has 1 rings (SSSR count). The van der Waals surface area contributed by atoms with Gasteiger partial charge in [-0.2, -0.15) is 0 Å². The van der Waals surface area contributed by atoms with Gasteiger partial charge in [-0.05, 0) is 0 Å². The van der Waals surface area contributed by atoms with Gasteiger partial charge in [0, 0.05) is 0 Å². The number of benzene rings is 1. The van der Waals surface area contributed by atoms with Crippen molar-refractivity contribution in [1.29, 1.82) is 0 Å². The Morgan fingerprint density at radius 3 is 2.93 bits per heavy atom. The number of anilines is 1. The predicted octanol–water partition coefficient (Wildman–Crippen LogP) is 0.761. The van der Waals surface area contributed by atoms with Gasteiger partial charge >= 0.3 is 88.8 Å². The monoisotopic (exact) mass is 256 g/mol. The normalized spacial score (nSPS) is 8.93. The van der Waals surface area contributed by atoms with E-state index in [0.717, 1.165) is 0 Å². The van der Waals surface area contributed by atoms with Crippen molar-refractivity contribution in [3.05, 3.63) is 23.8 Å². The fourth-order valence-corrected chi connectivity index (χ4v) is 1.17. The van der Waals surface area contributed by atoms with Crippen LogP contribution in [0.3, 0.4) is 0 Å². The summed E-state index contributed by atoms with van der Waals surface area (Å²) in [5, 5.41) is 0. The molecule has 0 amide bonds. The first-order valence-corrected chi connectivity index (χ1v) is 4.60. The molecule has 0 saturated carbocycles. The summed E-state index contributed by atoms with van der Waals surface area (Å²) in [6, 6.07) is 4.83. The number of rotatable bonds is 2. The summed E-state index contributed by atoms with van der Waals surface area (Å²) >= 11 is 2.50. The van der Waals surface area contributed by atoms with E-state index in [9.17, 15) is 4.79 Å². The van der Waals surface area contributed by atoms with Gasteiger partial charge in [0.15, 0.2) is 0 Å². The van der Waals surface area contributed by atoms with Crippen molar-refractivity contribution in [2.45, 2.75) is 0 Å². The number of ether oxygens (including phenoxy) is 1. The summed E-state index contributed by atoms with van der Waals surface area (Å²) in [6.45, 7) is 0. The van der Waals surface area contributed by atoms with E-state index in [2.05, 4.69) is 30.0 Å². The number of carbonyl (C=O) groups excluding carboxylic acids is 1. The minimum atomic E-state index is -0.473. The van der Waals surface area contributed by atoms with Crippen molar-refractivity contribution in [3.63, 3.8) is 0 Å². The van der Waals surface area contributed by atoms with Crippen LogP contribution in [0.25, 0.3) is 0 Å². The number of nitrogens with zero attached hydrogens (tertiary/aromatic N) is 1. The average Bonchev–Trinajstić information content (AvgIpc) is 2.20. The summed E-state index contributed by atoms with van der Waals surface area (Å²) in [5.74, 6) is -0.473. The molecule has 14 heavy (non-hydrogen) atoms. The van der Waals surface area contributed by atoms with E-state index in [1.165, 1.54) is 7.11 Å². The minimum absolute atomic E-state index is 0.309. The first-order chi connectivity index (χ1) is 6.69. The number of methoxy groups -OCH3 is 1. The molecule has 0 aliphatic heterocycles. The van der Waals surface area contributed by atoms with Crippen molar-refractivity contribution in [2.75, 3.05) is 12.8 Å². The molecule has 0 atom stereocenters. The van der Waals surface area contributed by atoms with Gasteiger partial charge in [-0.3, -0.25) is 0 Å². The Bertz CT molecular complexity index is 411. The molecular weight excluding hydrogens is 247 g/mol. The van der Waals surface area contributed by atoms with Crippen LogP contribution < -0.4 is 5.73 Å². The van der Waals surface area contributed by atoms with Gasteiger partial charge in [0.1, 0.15) is 0 Å². The molecule has 0 radical (unpaired) electrons. The Labute approximate surface area is 89.1 Å². The molecule has 0 heterocycles. The molecule has 0 aliphatic rings. The van der Waals surface area contributed by atoms with E-state index < -0.39 is 5.97 Å². The zero-order valence-electron chi connectivity index (χ0n) is 7.48. The second-order valence-electron chi connectivity index (χ2n) is 2.47. The van der Waals surface area contributed by atoms with Crippen LogP contribution in [0.1, 0.15) is 10.4 Å². The molecule has 1 aromatic rings. The first-order valence-electron chi connectivity index (χ1n) is 3.74. The predicted molar refractivity (Wildman–Crippen MR) is 55.0 cm³/mol. The van der Waals surface area contributed by atoms with Gasteiger partial charge in [0.2, 0.25) is 0 Å². The molecule has 0 bridgehead atoms. The van der Waals surface area contributed by atoms with Crippen LogP contribution in [-0.4, -0.2) is 33.4 Å². The Kier molecular flexibility index (Phi) is 3.60. The fourth-order valence-electron chi connectivity index (χ4n) is 0.953. The molecule has 0 spiro atoms. The number of nitrogens with two attached hydrogens (primary N) is 1. The van der Waals surface area contributed by atoms with Crippen LogP contribution in [-0.2, 0) is 4.74 Å². The summed E-state index contributed by atoms with van der Waals surface area (Å²) in [6.07, 6.45) is 0. The topological polar surface area (TPSA) is 64.7 Å². The average molecular weight is 255 g/mol. The zero-order chi connectivity index (χ0) is 10.6. The third kappa shape index (κ3) is 2.30. The molecule has 0 aliphatic carbocycles. The Morgan fingerprint density at radius 2 is 2.36 bits per heavy atom. The molecule has 0 aromatic heterocycles. The van der Waals surface area contributed by atoms with Gasteiger partial charge in [-0.15, -0.1) is 0 Å². The summed E-state index contributed by atoms with van der Waals surface area (Å²) in [7, 11) is 1.30. The van der Waals surface area contributed by atoms with Crippen LogP contribution in [0.5, 0.6) is 0 Å². The Morgan fingerprint density at radius 1 is 1.64 bits per heavy atom. The van der Waals surface area contributed by atoms with Gasteiger partial charge in [-0.1, -0.05) is 0 Å². The Hall–Kier alpha value is -1.41. The van der Waals surface area contributed by atoms with E-state index >= 15 is 0 Å².